The lowest BCUT2D eigenvalue weighted by atomic mass is 10.1. The summed E-state index contributed by atoms with van der Waals surface area (Å²) in [6.45, 7) is -0.556. The average molecular weight is 427 g/mol. The van der Waals surface area contributed by atoms with Crippen molar-refractivity contribution in [2.24, 2.45) is 0 Å². The van der Waals surface area contributed by atoms with Crippen LogP contribution in [0.15, 0.2) is 41.0 Å². The van der Waals surface area contributed by atoms with Gasteiger partial charge in [0.15, 0.2) is 5.82 Å². The SMILES string of the molecule is CN(Cc1cc(Br)ccc1OC(F)F)CC1CCCN1c1cccnn1. The fourth-order valence-corrected chi connectivity index (χ4v) is 3.78. The Bertz CT molecular complexity index is 720. The zero-order chi connectivity index (χ0) is 18.5. The summed E-state index contributed by atoms with van der Waals surface area (Å²) >= 11 is 3.40. The topological polar surface area (TPSA) is 41.5 Å². The second-order valence-electron chi connectivity index (χ2n) is 6.40. The third kappa shape index (κ3) is 4.88. The number of nitrogens with zero attached hydrogens (tertiary/aromatic N) is 4. The normalized spacial score (nSPS) is 17.3. The van der Waals surface area contributed by atoms with Crippen molar-refractivity contribution >= 4 is 21.7 Å². The smallest absolute Gasteiger partial charge is 0.387 e. The van der Waals surface area contributed by atoms with E-state index < -0.39 is 6.61 Å². The zero-order valence-corrected chi connectivity index (χ0v) is 16.1. The van der Waals surface area contributed by atoms with Crippen molar-refractivity contribution in [3.63, 3.8) is 0 Å². The second-order valence-corrected chi connectivity index (χ2v) is 7.31. The fraction of sp³-hybridized carbons (Fsp3) is 0.444. The van der Waals surface area contributed by atoms with E-state index in [1.54, 1.807) is 18.3 Å². The maximum atomic E-state index is 12.6. The molecule has 3 rings (SSSR count). The predicted molar refractivity (Wildman–Crippen MR) is 99.5 cm³/mol. The highest BCUT2D eigenvalue weighted by atomic mass is 79.9. The number of hydrogen-bond acceptors (Lipinski definition) is 5. The summed E-state index contributed by atoms with van der Waals surface area (Å²) in [6, 6.07) is 9.27. The maximum absolute atomic E-state index is 12.6. The summed E-state index contributed by atoms with van der Waals surface area (Å²) in [6.07, 6.45) is 3.84. The van der Waals surface area contributed by atoms with Crippen LogP contribution in [0.1, 0.15) is 18.4 Å². The standard InChI is InChI=1S/C18H21BrF2N4O/c1-24(11-13-10-14(19)6-7-16(13)26-18(20)21)12-15-4-3-9-25(15)17-5-2-8-22-23-17/h2,5-8,10,15,18H,3-4,9,11-12H2,1H3. The summed E-state index contributed by atoms with van der Waals surface area (Å²) in [5, 5.41) is 8.17. The molecule has 1 fully saturated rings. The Morgan fingerprint density at radius 1 is 1.38 bits per heavy atom. The molecule has 0 spiro atoms. The van der Waals surface area contributed by atoms with Crippen molar-refractivity contribution in [2.75, 3.05) is 25.0 Å². The molecule has 0 saturated carbocycles. The van der Waals surface area contributed by atoms with Crippen LogP contribution in [0.5, 0.6) is 5.75 Å². The van der Waals surface area contributed by atoms with Gasteiger partial charge >= 0.3 is 6.61 Å². The lowest BCUT2D eigenvalue weighted by molar-refractivity contribution is -0.0507. The van der Waals surface area contributed by atoms with Gasteiger partial charge in [0, 0.05) is 41.9 Å². The first-order valence-corrected chi connectivity index (χ1v) is 9.28. The molecule has 1 unspecified atom stereocenters. The van der Waals surface area contributed by atoms with Crippen LogP contribution in [-0.2, 0) is 6.54 Å². The molecular weight excluding hydrogens is 406 g/mol. The molecule has 1 atom stereocenters. The highest BCUT2D eigenvalue weighted by Crippen LogP contribution is 2.27. The van der Waals surface area contributed by atoms with Gasteiger partial charge in [-0.25, -0.2) is 0 Å². The molecule has 0 bridgehead atoms. The van der Waals surface area contributed by atoms with Gasteiger partial charge in [0.05, 0.1) is 0 Å². The average Bonchev–Trinajstić information content (AvgIpc) is 3.05. The number of hydrogen-bond donors (Lipinski definition) is 0. The first kappa shape index (κ1) is 19.0. The molecule has 2 heterocycles. The summed E-state index contributed by atoms with van der Waals surface area (Å²) < 4.78 is 30.8. The van der Waals surface area contributed by atoms with E-state index in [-0.39, 0.29) is 5.75 Å². The highest BCUT2D eigenvalue weighted by Gasteiger charge is 2.27. The molecule has 1 aliphatic heterocycles. The molecule has 0 radical (unpaired) electrons. The minimum atomic E-state index is -2.83. The molecular formula is C18H21BrF2N4O. The van der Waals surface area contributed by atoms with Gasteiger partial charge in [-0.2, -0.15) is 13.9 Å². The largest absolute Gasteiger partial charge is 0.434 e. The molecule has 1 aliphatic rings. The van der Waals surface area contributed by atoms with Crippen LogP contribution >= 0.6 is 15.9 Å². The van der Waals surface area contributed by atoms with Gasteiger partial charge in [0.2, 0.25) is 0 Å². The highest BCUT2D eigenvalue weighted by molar-refractivity contribution is 9.10. The quantitative estimate of drug-likeness (QED) is 0.670. The zero-order valence-electron chi connectivity index (χ0n) is 14.5. The van der Waals surface area contributed by atoms with Gasteiger partial charge in [-0.05, 0) is 50.2 Å². The van der Waals surface area contributed by atoms with Crippen LogP contribution < -0.4 is 9.64 Å². The number of ether oxygens (including phenoxy) is 1. The van der Waals surface area contributed by atoms with E-state index in [1.807, 2.05) is 25.2 Å². The molecule has 1 aromatic heterocycles. The summed E-state index contributed by atoms with van der Waals surface area (Å²) in [4.78, 5) is 4.39. The number of rotatable bonds is 7. The van der Waals surface area contributed by atoms with Crippen LogP contribution in [-0.4, -0.2) is 47.9 Å². The molecule has 0 amide bonds. The third-order valence-corrected chi connectivity index (χ3v) is 4.92. The van der Waals surface area contributed by atoms with Crippen LogP contribution in [0.25, 0.3) is 0 Å². The van der Waals surface area contributed by atoms with E-state index in [0.717, 1.165) is 41.8 Å². The Morgan fingerprint density at radius 2 is 2.23 bits per heavy atom. The van der Waals surface area contributed by atoms with Gasteiger partial charge in [-0.15, -0.1) is 5.10 Å². The van der Waals surface area contributed by atoms with Gasteiger partial charge in [0.25, 0.3) is 0 Å². The van der Waals surface area contributed by atoms with E-state index in [0.29, 0.717) is 12.6 Å². The molecule has 0 N–H and O–H groups in total. The molecule has 140 valence electrons. The molecule has 5 nitrogen and oxygen atoms in total. The molecule has 1 saturated heterocycles. The minimum Gasteiger partial charge on any atom is -0.434 e. The minimum absolute atomic E-state index is 0.215. The number of anilines is 1. The van der Waals surface area contributed by atoms with Gasteiger partial charge < -0.3 is 9.64 Å². The van der Waals surface area contributed by atoms with Crippen LogP contribution in [0, 0.1) is 0 Å². The van der Waals surface area contributed by atoms with Crippen LogP contribution in [0.4, 0.5) is 14.6 Å². The van der Waals surface area contributed by atoms with Gasteiger partial charge in [-0.3, -0.25) is 4.90 Å². The number of halogens is 3. The second kappa shape index (κ2) is 8.73. The first-order valence-electron chi connectivity index (χ1n) is 8.49. The van der Waals surface area contributed by atoms with Crippen LogP contribution in [0.3, 0.4) is 0 Å². The Hall–Kier alpha value is -1.80. The van der Waals surface area contributed by atoms with Gasteiger partial charge in [-0.1, -0.05) is 15.9 Å². The van der Waals surface area contributed by atoms with E-state index in [2.05, 4.69) is 40.7 Å². The molecule has 2 aromatic rings. The maximum Gasteiger partial charge on any atom is 0.387 e. The van der Waals surface area contributed by atoms with E-state index in [4.69, 9.17) is 0 Å². The molecule has 26 heavy (non-hydrogen) atoms. The summed E-state index contributed by atoms with van der Waals surface area (Å²) in [5.41, 5.74) is 0.728. The van der Waals surface area contributed by atoms with E-state index in [9.17, 15) is 8.78 Å². The number of benzene rings is 1. The van der Waals surface area contributed by atoms with E-state index >= 15 is 0 Å². The van der Waals surface area contributed by atoms with E-state index in [1.165, 1.54) is 0 Å². The third-order valence-electron chi connectivity index (χ3n) is 4.43. The monoisotopic (exact) mass is 426 g/mol. The van der Waals surface area contributed by atoms with Crippen LogP contribution in [0.2, 0.25) is 0 Å². The summed E-state index contributed by atoms with van der Waals surface area (Å²) in [5.74, 6) is 1.10. The Kier molecular flexibility index (Phi) is 6.37. The fourth-order valence-electron chi connectivity index (χ4n) is 3.37. The van der Waals surface area contributed by atoms with Crippen molar-refractivity contribution < 1.29 is 13.5 Å². The Balaban J connectivity index is 1.67. The van der Waals surface area contributed by atoms with Crippen molar-refractivity contribution in [1.82, 2.24) is 15.1 Å². The Morgan fingerprint density at radius 3 is 2.96 bits per heavy atom. The van der Waals surface area contributed by atoms with Gasteiger partial charge in [0.1, 0.15) is 5.75 Å². The number of aromatic nitrogens is 2. The van der Waals surface area contributed by atoms with Crippen molar-refractivity contribution in [1.29, 1.82) is 0 Å². The molecule has 1 aromatic carbocycles. The Labute approximate surface area is 160 Å². The predicted octanol–water partition coefficient (Wildman–Crippen LogP) is 3.94. The molecule has 0 aliphatic carbocycles. The molecule has 8 heteroatoms. The number of alkyl halides is 2. The van der Waals surface area contributed by atoms with Crippen molar-refractivity contribution in [3.05, 3.63) is 46.6 Å². The van der Waals surface area contributed by atoms with Crippen molar-refractivity contribution in [2.45, 2.75) is 32.0 Å². The summed E-state index contributed by atoms with van der Waals surface area (Å²) in [7, 11) is 1.99. The van der Waals surface area contributed by atoms with Crippen molar-refractivity contribution in [3.8, 4) is 5.75 Å². The first-order chi connectivity index (χ1) is 12.5. The lowest BCUT2D eigenvalue weighted by Crippen LogP contribution is -2.39. The lowest BCUT2D eigenvalue weighted by Gasteiger charge is -2.29. The number of likely N-dealkylation sites (N-methyl/N-ethyl adjacent to an activating group) is 1.